The molecule has 1 heterocycles. The Balaban J connectivity index is 2.16. The predicted octanol–water partition coefficient (Wildman–Crippen LogP) is 4.58. The molecule has 128 valence electrons. The predicted molar refractivity (Wildman–Crippen MR) is 98.3 cm³/mol. The Morgan fingerprint density at radius 3 is 2.56 bits per heavy atom. The zero-order chi connectivity index (χ0) is 18.1. The van der Waals surface area contributed by atoms with Crippen molar-refractivity contribution in [3.05, 3.63) is 69.8 Å². The highest BCUT2D eigenvalue weighted by molar-refractivity contribution is 5.87. The first-order valence-corrected chi connectivity index (χ1v) is 8.30. The fourth-order valence-electron chi connectivity index (χ4n) is 3.18. The molecule has 0 amide bonds. The van der Waals surface area contributed by atoms with Crippen LogP contribution in [0.5, 0.6) is 0 Å². The van der Waals surface area contributed by atoms with E-state index >= 15 is 0 Å². The SMILES string of the molecule is Cc1cc(C(C=O)C(C)C)c(=O)[nH]c1-c1ccc2cccc(F)c2c1. The summed E-state index contributed by atoms with van der Waals surface area (Å²) < 4.78 is 14.1. The summed E-state index contributed by atoms with van der Waals surface area (Å²) in [5.41, 5.74) is 2.43. The van der Waals surface area contributed by atoms with Crippen LogP contribution in [0.1, 0.15) is 30.9 Å². The molecule has 0 saturated heterocycles. The van der Waals surface area contributed by atoms with Crippen LogP contribution < -0.4 is 5.56 Å². The van der Waals surface area contributed by atoms with Gasteiger partial charge in [-0.15, -0.1) is 0 Å². The molecule has 0 aliphatic carbocycles. The standard InChI is InChI=1S/C21H20FNO2/c1-12(2)18(11-24)17-9-13(3)20(23-21(17)25)15-8-7-14-5-4-6-19(22)16(14)10-15/h4-12,18H,1-3H3,(H,23,25). The van der Waals surface area contributed by atoms with Gasteiger partial charge < -0.3 is 9.78 Å². The van der Waals surface area contributed by atoms with Crippen molar-refractivity contribution in [3.8, 4) is 11.3 Å². The van der Waals surface area contributed by atoms with Gasteiger partial charge in [0.25, 0.3) is 5.56 Å². The lowest BCUT2D eigenvalue weighted by molar-refractivity contribution is -0.109. The van der Waals surface area contributed by atoms with Crippen molar-refractivity contribution < 1.29 is 9.18 Å². The second-order valence-corrected chi connectivity index (χ2v) is 6.69. The van der Waals surface area contributed by atoms with E-state index in [1.54, 1.807) is 18.2 Å². The van der Waals surface area contributed by atoms with E-state index in [0.717, 1.165) is 22.8 Å². The second kappa shape index (κ2) is 6.63. The lowest BCUT2D eigenvalue weighted by Crippen LogP contribution is -2.21. The monoisotopic (exact) mass is 337 g/mol. The topological polar surface area (TPSA) is 49.9 Å². The number of aromatic amines is 1. The third kappa shape index (κ3) is 3.12. The summed E-state index contributed by atoms with van der Waals surface area (Å²) in [6.07, 6.45) is 0.819. The number of benzene rings is 2. The van der Waals surface area contributed by atoms with Crippen LogP contribution in [0.15, 0.2) is 47.3 Å². The number of nitrogens with one attached hydrogen (secondary N) is 1. The Hall–Kier alpha value is -2.75. The number of hydrogen-bond acceptors (Lipinski definition) is 2. The van der Waals surface area contributed by atoms with Crippen molar-refractivity contribution in [1.82, 2.24) is 4.98 Å². The summed E-state index contributed by atoms with van der Waals surface area (Å²) in [7, 11) is 0. The summed E-state index contributed by atoms with van der Waals surface area (Å²) in [5, 5.41) is 1.32. The maximum atomic E-state index is 14.1. The Labute approximate surface area is 145 Å². The lowest BCUT2D eigenvalue weighted by atomic mass is 9.89. The fraction of sp³-hybridized carbons (Fsp3) is 0.238. The quantitative estimate of drug-likeness (QED) is 0.708. The Bertz CT molecular complexity index is 1000. The van der Waals surface area contributed by atoms with Gasteiger partial charge in [-0.1, -0.05) is 38.1 Å². The molecule has 1 N–H and O–H groups in total. The van der Waals surface area contributed by atoms with Gasteiger partial charge in [-0.2, -0.15) is 0 Å². The van der Waals surface area contributed by atoms with Crippen LogP contribution in [-0.4, -0.2) is 11.3 Å². The van der Waals surface area contributed by atoms with Crippen molar-refractivity contribution >= 4 is 17.1 Å². The van der Waals surface area contributed by atoms with E-state index in [1.165, 1.54) is 6.07 Å². The van der Waals surface area contributed by atoms with Crippen molar-refractivity contribution in [1.29, 1.82) is 0 Å². The van der Waals surface area contributed by atoms with Gasteiger partial charge in [-0.25, -0.2) is 4.39 Å². The fourth-order valence-corrected chi connectivity index (χ4v) is 3.18. The minimum atomic E-state index is -0.439. The average Bonchev–Trinajstić information content (AvgIpc) is 2.58. The van der Waals surface area contributed by atoms with Gasteiger partial charge in [0.05, 0.1) is 5.69 Å². The number of hydrogen-bond donors (Lipinski definition) is 1. The first-order chi connectivity index (χ1) is 11.9. The molecule has 0 bridgehead atoms. The van der Waals surface area contributed by atoms with Crippen LogP contribution in [0.25, 0.3) is 22.0 Å². The molecule has 2 aromatic carbocycles. The number of halogens is 1. The van der Waals surface area contributed by atoms with Gasteiger partial charge in [0.2, 0.25) is 0 Å². The zero-order valence-corrected chi connectivity index (χ0v) is 14.5. The van der Waals surface area contributed by atoms with Gasteiger partial charge >= 0.3 is 0 Å². The second-order valence-electron chi connectivity index (χ2n) is 6.69. The van der Waals surface area contributed by atoms with E-state index in [4.69, 9.17) is 0 Å². The van der Waals surface area contributed by atoms with Gasteiger partial charge in [0, 0.05) is 16.9 Å². The summed E-state index contributed by atoms with van der Waals surface area (Å²) in [6.45, 7) is 5.70. The molecule has 0 aliphatic heterocycles. The van der Waals surface area contributed by atoms with E-state index in [9.17, 15) is 14.0 Å². The molecule has 25 heavy (non-hydrogen) atoms. The van der Waals surface area contributed by atoms with E-state index < -0.39 is 5.92 Å². The molecule has 1 unspecified atom stereocenters. The van der Waals surface area contributed by atoms with Crippen molar-refractivity contribution in [3.63, 3.8) is 0 Å². The molecule has 0 aliphatic rings. The molecule has 3 aromatic rings. The zero-order valence-electron chi connectivity index (χ0n) is 14.5. The van der Waals surface area contributed by atoms with Crippen LogP contribution in [0.3, 0.4) is 0 Å². The minimum Gasteiger partial charge on any atom is -0.321 e. The van der Waals surface area contributed by atoms with E-state index in [2.05, 4.69) is 4.98 Å². The highest BCUT2D eigenvalue weighted by atomic mass is 19.1. The maximum absolute atomic E-state index is 14.1. The third-order valence-electron chi connectivity index (χ3n) is 4.61. The molecule has 4 heteroatoms. The van der Waals surface area contributed by atoms with Crippen molar-refractivity contribution in [2.24, 2.45) is 5.92 Å². The number of fused-ring (bicyclic) bond motifs is 1. The Kier molecular flexibility index (Phi) is 4.53. The number of rotatable bonds is 4. The number of carbonyl (C=O) groups is 1. The maximum Gasteiger partial charge on any atom is 0.252 e. The number of aromatic nitrogens is 1. The van der Waals surface area contributed by atoms with E-state index in [-0.39, 0.29) is 17.3 Å². The van der Waals surface area contributed by atoms with Crippen LogP contribution >= 0.6 is 0 Å². The lowest BCUT2D eigenvalue weighted by Gasteiger charge is -2.16. The van der Waals surface area contributed by atoms with Crippen molar-refractivity contribution in [2.45, 2.75) is 26.7 Å². The van der Waals surface area contributed by atoms with Crippen molar-refractivity contribution in [2.75, 3.05) is 0 Å². The highest BCUT2D eigenvalue weighted by Gasteiger charge is 2.20. The molecule has 0 saturated carbocycles. The first-order valence-electron chi connectivity index (χ1n) is 8.30. The number of carbonyl (C=O) groups excluding carboxylic acids is 1. The van der Waals surface area contributed by atoms with Gasteiger partial charge in [0.1, 0.15) is 12.1 Å². The molecule has 0 fully saturated rings. The van der Waals surface area contributed by atoms with Crippen LogP contribution in [0, 0.1) is 18.7 Å². The summed E-state index contributed by atoms with van der Waals surface area (Å²) >= 11 is 0. The van der Waals surface area contributed by atoms with Gasteiger partial charge in [0.15, 0.2) is 0 Å². The summed E-state index contributed by atoms with van der Waals surface area (Å²) in [4.78, 5) is 26.7. The molecule has 0 radical (unpaired) electrons. The number of aryl methyl sites for hydroxylation is 1. The minimum absolute atomic E-state index is 0.0404. The number of pyridine rings is 1. The normalized spacial score (nSPS) is 12.5. The number of aldehydes is 1. The Morgan fingerprint density at radius 2 is 1.88 bits per heavy atom. The largest absolute Gasteiger partial charge is 0.321 e. The summed E-state index contributed by atoms with van der Waals surface area (Å²) in [5.74, 6) is -0.694. The molecule has 0 spiro atoms. The van der Waals surface area contributed by atoms with Gasteiger partial charge in [-0.3, -0.25) is 4.79 Å². The molecule has 3 rings (SSSR count). The molecule has 3 nitrogen and oxygen atoms in total. The smallest absolute Gasteiger partial charge is 0.252 e. The average molecular weight is 337 g/mol. The van der Waals surface area contributed by atoms with Crippen LogP contribution in [-0.2, 0) is 4.79 Å². The first kappa shape index (κ1) is 17.1. The number of H-pyrrole nitrogens is 1. The highest BCUT2D eigenvalue weighted by Crippen LogP contribution is 2.28. The summed E-state index contributed by atoms with van der Waals surface area (Å²) in [6, 6.07) is 12.1. The Morgan fingerprint density at radius 1 is 1.12 bits per heavy atom. The molecular formula is C21H20FNO2. The molecule has 1 aromatic heterocycles. The van der Waals surface area contributed by atoms with E-state index in [1.807, 2.05) is 39.0 Å². The van der Waals surface area contributed by atoms with Crippen LogP contribution in [0.2, 0.25) is 0 Å². The molecule has 1 atom stereocenters. The van der Waals surface area contributed by atoms with Gasteiger partial charge in [-0.05, 0) is 47.6 Å². The van der Waals surface area contributed by atoms with E-state index in [0.29, 0.717) is 16.6 Å². The molecular weight excluding hydrogens is 317 g/mol. The third-order valence-corrected chi connectivity index (χ3v) is 4.61. The van der Waals surface area contributed by atoms with Crippen LogP contribution in [0.4, 0.5) is 4.39 Å².